The molecule has 1 aromatic heterocycles. The molecule has 8 nitrogen and oxygen atoms in total. The Hall–Kier alpha value is -3.62. The molecule has 2 N–H and O–H groups in total. The summed E-state index contributed by atoms with van der Waals surface area (Å²) >= 11 is 6.08. The van der Waals surface area contributed by atoms with E-state index in [1.54, 1.807) is 23.6 Å². The van der Waals surface area contributed by atoms with Gasteiger partial charge in [-0.2, -0.15) is 4.98 Å². The monoisotopic (exact) mass is 521 g/mol. The highest BCUT2D eigenvalue weighted by Gasteiger charge is 2.37. The minimum absolute atomic E-state index is 0.252. The number of aromatic nitrogens is 2. The summed E-state index contributed by atoms with van der Waals surface area (Å²) in [6.07, 6.45) is 0.760. The van der Waals surface area contributed by atoms with Crippen LogP contribution in [0.4, 0.5) is 17.3 Å². The molecule has 0 saturated carbocycles. The van der Waals surface area contributed by atoms with Crippen LogP contribution < -0.4 is 16.3 Å². The van der Waals surface area contributed by atoms with Crippen LogP contribution in [0.5, 0.6) is 0 Å². The molecule has 4 rings (SSSR count). The maximum Gasteiger partial charge on any atom is 0.351 e. The zero-order valence-corrected chi connectivity index (χ0v) is 22.3. The second-order valence-electron chi connectivity index (χ2n) is 9.17. The van der Waals surface area contributed by atoms with Crippen molar-refractivity contribution < 1.29 is 9.53 Å². The highest BCUT2D eigenvalue weighted by molar-refractivity contribution is 6.30. The molecule has 37 heavy (non-hydrogen) atoms. The Labute approximate surface area is 221 Å². The molecular formula is C28H32ClN5O3. The number of nitrogens with one attached hydrogen (secondary N) is 2. The molecule has 1 atom stereocenters. The Kier molecular flexibility index (Phi) is 8.31. The smallest absolute Gasteiger partial charge is 0.351 e. The van der Waals surface area contributed by atoms with Crippen molar-refractivity contribution >= 4 is 34.9 Å². The molecule has 0 amide bonds. The van der Waals surface area contributed by atoms with Crippen molar-refractivity contribution in [1.29, 1.82) is 0 Å². The SMILES string of the molecule is CCOC(=O)C1=C(C)Nc2c(c(Nc3ccc(Cl)cc3)nc(=O)n2CCCN(C)C)C1c1ccccc1. The number of rotatable bonds is 9. The number of hydrogen-bond donors (Lipinski definition) is 2. The van der Waals surface area contributed by atoms with Crippen LogP contribution in [0.25, 0.3) is 0 Å². The van der Waals surface area contributed by atoms with Crippen molar-refractivity contribution in [2.24, 2.45) is 0 Å². The molecule has 0 fully saturated rings. The van der Waals surface area contributed by atoms with Gasteiger partial charge in [-0.1, -0.05) is 41.9 Å². The Morgan fingerprint density at radius 2 is 1.86 bits per heavy atom. The lowest BCUT2D eigenvalue weighted by atomic mass is 9.81. The maximum absolute atomic E-state index is 13.3. The summed E-state index contributed by atoms with van der Waals surface area (Å²) in [5.41, 5.74) is 3.08. The van der Waals surface area contributed by atoms with E-state index in [-0.39, 0.29) is 12.3 Å². The van der Waals surface area contributed by atoms with Gasteiger partial charge in [0.05, 0.1) is 18.1 Å². The molecule has 9 heteroatoms. The first-order valence-electron chi connectivity index (χ1n) is 12.3. The van der Waals surface area contributed by atoms with E-state index < -0.39 is 11.9 Å². The van der Waals surface area contributed by atoms with Crippen LogP contribution in [-0.2, 0) is 16.1 Å². The molecule has 1 aliphatic rings. The van der Waals surface area contributed by atoms with Crippen LogP contribution in [0, 0.1) is 0 Å². The summed E-state index contributed by atoms with van der Waals surface area (Å²) in [4.78, 5) is 33.1. The highest BCUT2D eigenvalue weighted by atomic mass is 35.5. The lowest BCUT2D eigenvalue weighted by Crippen LogP contribution is -2.34. The number of ether oxygens (including phenoxy) is 1. The molecule has 0 aliphatic carbocycles. The van der Waals surface area contributed by atoms with Gasteiger partial charge in [-0.25, -0.2) is 9.59 Å². The number of allylic oxidation sites excluding steroid dienone is 1. The number of esters is 1. The number of carbonyl (C=O) groups excluding carboxylic acids is 1. The molecule has 2 heterocycles. The Balaban J connectivity index is 1.94. The lowest BCUT2D eigenvalue weighted by Gasteiger charge is -2.33. The van der Waals surface area contributed by atoms with Crippen LogP contribution >= 0.6 is 11.6 Å². The molecule has 0 bridgehead atoms. The Morgan fingerprint density at radius 1 is 1.16 bits per heavy atom. The van der Waals surface area contributed by atoms with Gasteiger partial charge in [-0.05, 0) is 70.7 Å². The predicted octanol–water partition coefficient (Wildman–Crippen LogP) is 4.99. The van der Waals surface area contributed by atoms with E-state index in [0.717, 1.165) is 24.2 Å². The zero-order chi connectivity index (χ0) is 26.5. The quantitative estimate of drug-likeness (QED) is 0.384. The third-order valence-corrected chi connectivity index (χ3v) is 6.48. The largest absolute Gasteiger partial charge is 0.463 e. The number of hydrogen-bond acceptors (Lipinski definition) is 7. The second kappa shape index (κ2) is 11.6. The first kappa shape index (κ1) is 26.4. The molecule has 3 aromatic rings. The molecular weight excluding hydrogens is 490 g/mol. The number of carbonyl (C=O) groups is 1. The molecule has 1 aliphatic heterocycles. The fraction of sp³-hybridized carbons (Fsp3) is 0.321. The van der Waals surface area contributed by atoms with Crippen molar-refractivity contribution in [1.82, 2.24) is 14.5 Å². The summed E-state index contributed by atoms with van der Waals surface area (Å²) in [7, 11) is 4.00. The minimum atomic E-state index is -0.500. The van der Waals surface area contributed by atoms with Gasteiger partial charge >= 0.3 is 11.7 Å². The average Bonchev–Trinajstić information content (AvgIpc) is 2.87. The number of fused-ring (bicyclic) bond motifs is 1. The summed E-state index contributed by atoms with van der Waals surface area (Å²) in [6.45, 7) is 5.17. The van der Waals surface area contributed by atoms with E-state index in [1.165, 1.54) is 0 Å². The van der Waals surface area contributed by atoms with Gasteiger partial charge in [0.2, 0.25) is 0 Å². The average molecular weight is 522 g/mol. The van der Waals surface area contributed by atoms with Crippen molar-refractivity contribution in [3.8, 4) is 0 Å². The topological polar surface area (TPSA) is 88.5 Å². The van der Waals surface area contributed by atoms with Crippen LogP contribution in [0.1, 0.15) is 37.3 Å². The van der Waals surface area contributed by atoms with E-state index in [2.05, 4.69) is 20.5 Å². The van der Waals surface area contributed by atoms with Crippen LogP contribution in [0.3, 0.4) is 0 Å². The van der Waals surface area contributed by atoms with E-state index in [4.69, 9.17) is 16.3 Å². The number of nitrogens with zero attached hydrogens (tertiary/aromatic N) is 3. The standard InChI is InChI=1S/C28H32ClN5O3/c1-5-37-27(35)22-18(2)30-26-24(23(22)19-10-7-6-8-11-19)25(31-21-14-12-20(29)13-15-21)32-28(36)34(26)17-9-16-33(3)4/h6-8,10-15,23,30H,5,9,16-17H2,1-4H3,(H,31,32,36). The third kappa shape index (κ3) is 5.87. The molecule has 2 aromatic carbocycles. The van der Waals surface area contributed by atoms with Gasteiger partial charge in [0.25, 0.3) is 0 Å². The van der Waals surface area contributed by atoms with Gasteiger partial charge in [-0.15, -0.1) is 0 Å². The third-order valence-electron chi connectivity index (χ3n) is 6.23. The first-order valence-corrected chi connectivity index (χ1v) is 12.7. The number of benzene rings is 2. The molecule has 1 unspecified atom stereocenters. The first-order chi connectivity index (χ1) is 17.8. The van der Waals surface area contributed by atoms with Gasteiger partial charge in [0, 0.05) is 28.5 Å². The van der Waals surface area contributed by atoms with Gasteiger partial charge < -0.3 is 20.3 Å². The highest BCUT2D eigenvalue weighted by Crippen LogP contribution is 2.45. The number of anilines is 3. The fourth-order valence-corrected chi connectivity index (χ4v) is 4.69. The van der Waals surface area contributed by atoms with Gasteiger partial charge in [-0.3, -0.25) is 4.57 Å². The zero-order valence-electron chi connectivity index (χ0n) is 21.5. The Bertz CT molecular complexity index is 1350. The normalized spacial score (nSPS) is 14.8. The second-order valence-corrected chi connectivity index (χ2v) is 9.61. The molecule has 0 spiro atoms. The molecule has 0 saturated heterocycles. The van der Waals surface area contributed by atoms with Crippen molar-refractivity contribution in [3.63, 3.8) is 0 Å². The van der Waals surface area contributed by atoms with E-state index in [0.29, 0.717) is 40.0 Å². The number of halogens is 1. The summed E-state index contributed by atoms with van der Waals surface area (Å²) in [5.74, 6) is 0.0887. The van der Waals surface area contributed by atoms with Crippen molar-refractivity contribution in [2.75, 3.05) is 37.9 Å². The van der Waals surface area contributed by atoms with E-state index in [9.17, 15) is 9.59 Å². The fourth-order valence-electron chi connectivity index (χ4n) is 4.56. The van der Waals surface area contributed by atoms with Crippen LogP contribution in [0.15, 0.2) is 70.7 Å². The minimum Gasteiger partial charge on any atom is -0.463 e. The van der Waals surface area contributed by atoms with Crippen molar-refractivity contribution in [3.05, 3.63) is 92.5 Å². The van der Waals surface area contributed by atoms with E-state index in [1.807, 2.05) is 63.5 Å². The lowest BCUT2D eigenvalue weighted by molar-refractivity contribution is -0.138. The molecule has 0 radical (unpaired) electrons. The van der Waals surface area contributed by atoms with Crippen LogP contribution in [0.2, 0.25) is 5.02 Å². The maximum atomic E-state index is 13.3. The predicted molar refractivity (Wildman–Crippen MR) is 148 cm³/mol. The summed E-state index contributed by atoms with van der Waals surface area (Å²) in [5, 5.41) is 7.26. The summed E-state index contributed by atoms with van der Waals surface area (Å²) < 4.78 is 7.13. The summed E-state index contributed by atoms with van der Waals surface area (Å²) in [6, 6.07) is 16.9. The van der Waals surface area contributed by atoms with Crippen LogP contribution in [-0.4, -0.2) is 47.7 Å². The van der Waals surface area contributed by atoms with Crippen molar-refractivity contribution in [2.45, 2.75) is 32.7 Å². The van der Waals surface area contributed by atoms with Gasteiger partial charge in [0.1, 0.15) is 11.6 Å². The Morgan fingerprint density at radius 3 is 2.51 bits per heavy atom. The van der Waals surface area contributed by atoms with Gasteiger partial charge in [0.15, 0.2) is 0 Å². The van der Waals surface area contributed by atoms with E-state index >= 15 is 0 Å². The molecule has 194 valence electrons.